The Bertz CT molecular complexity index is 445. The monoisotopic (exact) mass is 478 g/mol. The average molecular weight is 478 g/mol. The van der Waals surface area contributed by atoms with Gasteiger partial charge < -0.3 is 5.11 Å². The lowest BCUT2D eigenvalue weighted by atomic mass is 10.0. The third kappa shape index (κ3) is 14.7. The van der Waals surface area contributed by atoms with E-state index >= 15 is 0 Å². The normalized spacial score (nSPS) is 11.1. The first-order valence-corrected chi connectivity index (χ1v) is 12.0. The Labute approximate surface area is 171 Å². The van der Waals surface area contributed by atoms with Crippen molar-refractivity contribution in [1.29, 1.82) is 0 Å². The highest BCUT2D eigenvalue weighted by Gasteiger charge is 1.99. The maximum atomic E-state index is 10.4. The Morgan fingerprint density at radius 1 is 0.760 bits per heavy atom. The molecule has 0 fully saturated rings. The summed E-state index contributed by atoms with van der Waals surface area (Å²) in [5.41, 5.74) is 0. The van der Waals surface area contributed by atoms with E-state index in [2.05, 4.69) is 34.7 Å². The number of thiophene rings is 1. The van der Waals surface area contributed by atoms with E-state index < -0.39 is 5.97 Å². The molecule has 25 heavy (non-hydrogen) atoms. The van der Waals surface area contributed by atoms with E-state index in [0.717, 1.165) is 12.8 Å². The van der Waals surface area contributed by atoms with Crippen LogP contribution in [-0.2, 0) is 11.2 Å². The largest absolute Gasteiger partial charge is 0.481 e. The minimum absolute atomic E-state index is 0.341. The lowest BCUT2D eigenvalue weighted by Crippen LogP contribution is -1.93. The quantitative estimate of drug-likeness (QED) is 0.183. The number of aliphatic carboxylic acids is 1. The van der Waals surface area contributed by atoms with Crippen LogP contribution in [0.3, 0.4) is 0 Å². The molecule has 0 aliphatic rings. The van der Waals surface area contributed by atoms with Gasteiger partial charge in [0.1, 0.15) is 0 Å². The summed E-state index contributed by atoms with van der Waals surface area (Å²) in [7, 11) is 0. The molecule has 1 heterocycles. The maximum Gasteiger partial charge on any atom is 0.303 e. The first-order valence-electron chi connectivity index (χ1n) is 10.1. The third-order valence-corrected chi connectivity index (χ3v) is 6.65. The van der Waals surface area contributed by atoms with Gasteiger partial charge >= 0.3 is 5.97 Å². The molecule has 0 saturated carbocycles. The minimum atomic E-state index is -0.655. The molecule has 0 bridgehead atoms. The van der Waals surface area contributed by atoms with Gasteiger partial charge in [0.25, 0.3) is 0 Å². The van der Waals surface area contributed by atoms with E-state index in [1.54, 1.807) is 4.88 Å². The smallest absolute Gasteiger partial charge is 0.303 e. The SMILES string of the molecule is O=C(O)CCCCCCCCCCCCCCCCc1ccc(I)s1. The Morgan fingerprint density at radius 2 is 1.20 bits per heavy atom. The van der Waals surface area contributed by atoms with Crippen molar-refractivity contribution in [3.05, 3.63) is 19.9 Å². The highest BCUT2D eigenvalue weighted by Crippen LogP contribution is 2.20. The summed E-state index contributed by atoms with van der Waals surface area (Å²) in [5.74, 6) is -0.655. The molecule has 0 aliphatic heterocycles. The number of halogens is 1. The maximum absolute atomic E-state index is 10.4. The molecule has 0 radical (unpaired) electrons. The number of rotatable bonds is 17. The molecular weight excluding hydrogens is 443 g/mol. The minimum Gasteiger partial charge on any atom is -0.481 e. The van der Waals surface area contributed by atoms with Crippen LogP contribution in [0.4, 0.5) is 0 Å². The molecule has 0 aliphatic carbocycles. The zero-order valence-electron chi connectivity index (χ0n) is 15.6. The van der Waals surface area contributed by atoms with Crippen LogP contribution in [0.15, 0.2) is 12.1 Å². The number of hydrogen-bond donors (Lipinski definition) is 1. The number of carboxylic acid groups (broad SMARTS) is 1. The van der Waals surface area contributed by atoms with Gasteiger partial charge in [0.2, 0.25) is 0 Å². The first kappa shape index (κ1) is 22.9. The van der Waals surface area contributed by atoms with E-state index in [4.69, 9.17) is 5.11 Å². The molecule has 4 heteroatoms. The fourth-order valence-electron chi connectivity index (χ4n) is 3.18. The van der Waals surface area contributed by atoms with Crippen molar-refractivity contribution in [3.8, 4) is 0 Å². The zero-order chi connectivity index (χ0) is 18.2. The molecule has 1 aromatic rings. The molecular formula is C21H35IO2S. The summed E-state index contributed by atoms with van der Waals surface area (Å²) in [6.07, 6.45) is 19.8. The fourth-order valence-corrected chi connectivity index (χ4v) is 4.98. The molecule has 0 unspecified atom stereocenters. The van der Waals surface area contributed by atoms with Crippen LogP contribution >= 0.6 is 33.9 Å². The van der Waals surface area contributed by atoms with Gasteiger partial charge in [-0.3, -0.25) is 4.79 Å². The molecule has 0 aromatic carbocycles. The van der Waals surface area contributed by atoms with Gasteiger partial charge in [-0.15, -0.1) is 11.3 Å². The highest BCUT2D eigenvalue weighted by atomic mass is 127. The van der Waals surface area contributed by atoms with Gasteiger partial charge in [0.15, 0.2) is 0 Å². The Balaban J connectivity index is 1.71. The summed E-state index contributed by atoms with van der Waals surface area (Å²) in [4.78, 5) is 11.9. The van der Waals surface area contributed by atoms with Crippen LogP contribution in [0.1, 0.15) is 101 Å². The second-order valence-electron chi connectivity index (χ2n) is 7.05. The molecule has 1 aromatic heterocycles. The molecule has 0 atom stereocenters. The summed E-state index contributed by atoms with van der Waals surface area (Å²) in [6.45, 7) is 0. The van der Waals surface area contributed by atoms with Crippen molar-refractivity contribution < 1.29 is 9.90 Å². The standard InChI is InChI=1S/C21H35IO2S/c22-20-18-17-19(25-20)15-13-11-9-7-5-3-1-2-4-6-8-10-12-14-16-21(23)24/h17-18H,1-16H2,(H,23,24). The highest BCUT2D eigenvalue weighted by molar-refractivity contribution is 14.1. The number of hydrogen-bond acceptors (Lipinski definition) is 2. The Hall–Kier alpha value is -0.100. The summed E-state index contributed by atoms with van der Waals surface area (Å²) >= 11 is 4.34. The van der Waals surface area contributed by atoms with Gasteiger partial charge in [0.05, 0.1) is 2.88 Å². The van der Waals surface area contributed by atoms with Crippen molar-refractivity contribution >= 4 is 39.9 Å². The van der Waals surface area contributed by atoms with Crippen LogP contribution in [0.5, 0.6) is 0 Å². The van der Waals surface area contributed by atoms with Crippen molar-refractivity contribution in [2.45, 2.75) is 103 Å². The molecule has 1 N–H and O–H groups in total. The van der Waals surface area contributed by atoms with Crippen LogP contribution in [-0.4, -0.2) is 11.1 Å². The lowest BCUT2D eigenvalue weighted by Gasteiger charge is -2.03. The van der Waals surface area contributed by atoms with E-state index in [1.807, 2.05) is 11.3 Å². The van der Waals surface area contributed by atoms with E-state index in [1.165, 1.54) is 86.4 Å². The molecule has 2 nitrogen and oxygen atoms in total. The molecule has 144 valence electrons. The molecule has 0 spiro atoms. The van der Waals surface area contributed by atoms with Gasteiger partial charge in [-0.05, 0) is 54.0 Å². The lowest BCUT2D eigenvalue weighted by molar-refractivity contribution is -0.137. The van der Waals surface area contributed by atoms with E-state index in [0.29, 0.717) is 6.42 Å². The topological polar surface area (TPSA) is 37.3 Å². The van der Waals surface area contributed by atoms with Crippen LogP contribution in [0.25, 0.3) is 0 Å². The van der Waals surface area contributed by atoms with Crippen molar-refractivity contribution in [1.82, 2.24) is 0 Å². The molecule has 1 rings (SSSR count). The van der Waals surface area contributed by atoms with E-state index in [9.17, 15) is 4.79 Å². The van der Waals surface area contributed by atoms with Gasteiger partial charge in [-0.25, -0.2) is 0 Å². The summed E-state index contributed by atoms with van der Waals surface area (Å²) in [6, 6.07) is 4.50. The zero-order valence-corrected chi connectivity index (χ0v) is 18.6. The summed E-state index contributed by atoms with van der Waals surface area (Å²) < 4.78 is 1.41. The van der Waals surface area contributed by atoms with Gasteiger partial charge in [-0.1, -0.05) is 77.0 Å². The predicted octanol–water partition coefficient (Wildman–Crippen LogP) is 7.83. The first-order chi connectivity index (χ1) is 12.2. The van der Waals surface area contributed by atoms with Crippen molar-refractivity contribution in [2.75, 3.05) is 0 Å². The van der Waals surface area contributed by atoms with Crippen LogP contribution < -0.4 is 0 Å². The second-order valence-corrected chi connectivity index (χ2v) is 10.1. The third-order valence-electron chi connectivity index (χ3n) is 4.69. The predicted molar refractivity (Wildman–Crippen MR) is 118 cm³/mol. The Morgan fingerprint density at radius 3 is 1.60 bits per heavy atom. The van der Waals surface area contributed by atoms with Gasteiger partial charge in [-0.2, -0.15) is 0 Å². The summed E-state index contributed by atoms with van der Waals surface area (Å²) in [5, 5.41) is 8.57. The average Bonchev–Trinajstić information content (AvgIpc) is 2.99. The number of aryl methyl sites for hydroxylation is 1. The second kappa shape index (κ2) is 16.1. The number of unbranched alkanes of at least 4 members (excludes halogenated alkanes) is 13. The fraction of sp³-hybridized carbons (Fsp3) is 0.762. The van der Waals surface area contributed by atoms with Crippen LogP contribution in [0, 0.1) is 2.88 Å². The van der Waals surface area contributed by atoms with Gasteiger partial charge in [0, 0.05) is 11.3 Å². The molecule has 0 saturated heterocycles. The number of carbonyl (C=O) groups is 1. The number of carboxylic acids is 1. The van der Waals surface area contributed by atoms with Crippen molar-refractivity contribution in [3.63, 3.8) is 0 Å². The van der Waals surface area contributed by atoms with Crippen molar-refractivity contribution in [2.24, 2.45) is 0 Å². The molecule has 0 amide bonds. The van der Waals surface area contributed by atoms with Crippen LogP contribution in [0.2, 0.25) is 0 Å². The van der Waals surface area contributed by atoms with E-state index in [-0.39, 0.29) is 0 Å². The Kier molecular flexibility index (Phi) is 14.8.